The number of alkyl halides is 3. The molecule has 0 aliphatic carbocycles. The molecule has 0 saturated heterocycles. The fraction of sp³-hybridized carbons (Fsp3) is 0.364. The molecule has 1 aromatic rings. The van der Waals surface area contributed by atoms with Crippen LogP contribution in [0.4, 0.5) is 18.9 Å². The number of halogens is 4. The lowest BCUT2D eigenvalue weighted by Crippen LogP contribution is -2.29. The zero-order valence-electron chi connectivity index (χ0n) is 9.64. The smallest absolute Gasteiger partial charge is 0.318 e. The van der Waals surface area contributed by atoms with Gasteiger partial charge in [0, 0.05) is 20.3 Å². The molecule has 0 aromatic heterocycles. The molecule has 0 atom stereocenters. The van der Waals surface area contributed by atoms with Gasteiger partial charge in [-0.25, -0.2) is 0 Å². The minimum absolute atomic E-state index is 0.109. The maximum Gasteiger partial charge on any atom is 0.471 e. The molecular formula is C11H11BrF3NOS. The molecule has 1 rings (SSSR count). The zero-order chi connectivity index (χ0) is 13.9. The summed E-state index contributed by atoms with van der Waals surface area (Å²) in [6.45, 7) is 4.02. The van der Waals surface area contributed by atoms with E-state index >= 15 is 0 Å². The van der Waals surface area contributed by atoms with Gasteiger partial charge >= 0.3 is 12.1 Å². The van der Waals surface area contributed by atoms with Crippen molar-refractivity contribution in [3.05, 3.63) is 22.7 Å². The van der Waals surface area contributed by atoms with Crippen LogP contribution in [0.1, 0.15) is 13.8 Å². The van der Waals surface area contributed by atoms with Gasteiger partial charge < -0.3 is 5.32 Å². The number of hydrogen-bond donors (Lipinski definition) is 1. The summed E-state index contributed by atoms with van der Waals surface area (Å²) in [4.78, 5) is 11.7. The summed E-state index contributed by atoms with van der Waals surface area (Å²) in [5, 5.41) is 2.16. The van der Waals surface area contributed by atoms with Crippen molar-refractivity contribution in [1.29, 1.82) is 0 Å². The van der Waals surface area contributed by atoms with Crippen LogP contribution >= 0.6 is 27.7 Å². The second-order valence-electron chi connectivity index (χ2n) is 3.76. The van der Waals surface area contributed by atoms with Crippen molar-refractivity contribution in [3.8, 4) is 0 Å². The Labute approximate surface area is 115 Å². The maximum atomic E-state index is 12.1. The Hall–Kier alpha value is -0.690. The van der Waals surface area contributed by atoms with Crippen LogP contribution in [0.3, 0.4) is 0 Å². The van der Waals surface area contributed by atoms with Crippen molar-refractivity contribution in [1.82, 2.24) is 0 Å². The van der Waals surface area contributed by atoms with E-state index in [2.05, 4.69) is 15.9 Å². The molecule has 0 heterocycles. The summed E-state index contributed by atoms with van der Waals surface area (Å²) >= 11 is 4.84. The van der Waals surface area contributed by atoms with E-state index in [-0.39, 0.29) is 5.69 Å². The minimum atomic E-state index is -4.88. The average molecular weight is 342 g/mol. The number of benzene rings is 1. The van der Waals surface area contributed by atoms with E-state index in [4.69, 9.17) is 0 Å². The monoisotopic (exact) mass is 341 g/mol. The Morgan fingerprint density at radius 1 is 1.39 bits per heavy atom. The SMILES string of the molecule is CC(C)Sc1ccc(NC(=O)C(F)(F)F)cc1Br. The van der Waals surface area contributed by atoms with E-state index in [1.54, 1.807) is 23.1 Å². The maximum absolute atomic E-state index is 12.1. The van der Waals surface area contributed by atoms with Crippen LogP contribution in [0.2, 0.25) is 0 Å². The summed E-state index contributed by atoms with van der Waals surface area (Å²) < 4.78 is 36.8. The molecule has 18 heavy (non-hydrogen) atoms. The Morgan fingerprint density at radius 2 is 2.00 bits per heavy atom. The van der Waals surface area contributed by atoms with Crippen molar-refractivity contribution >= 4 is 39.3 Å². The van der Waals surface area contributed by atoms with Gasteiger partial charge in [0.05, 0.1) is 0 Å². The first-order valence-corrected chi connectivity index (χ1v) is 6.72. The summed E-state index contributed by atoms with van der Waals surface area (Å²) in [5.74, 6) is -1.97. The number of thioether (sulfide) groups is 1. The zero-order valence-corrected chi connectivity index (χ0v) is 12.0. The number of anilines is 1. The number of hydrogen-bond acceptors (Lipinski definition) is 2. The van der Waals surface area contributed by atoms with E-state index in [1.807, 2.05) is 13.8 Å². The third-order valence-electron chi connectivity index (χ3n) is 1.81. The highest BCUT2D eigenvalue weighted by Crippen LogP contribution is 2.32. The van der Waals surface area contributed by atoms with E-state index in [1.165, 1.54) is 12.1 Å². The van der Waals surface area contributed by atoms with E-state index in [0.29, 0.717) is 9.72 Å². The van der Waals surface area contributed by atoms with Gasteiger partial charge in [0.15, 0.2) is 0 Å². The molecule has 0 aliphatic heterocycles. The van der Waals surface area contributed by atoms with Crippen molar-refractivity contribution in [2.75, 3.05) is 5.32 Å². The molecule has 0 spiro atoms. The van der Waals surface area contributed by atoms with Crippen LogP contribution in [0, 0.1) is 0 Å². The molecule has 0 saturated carbocycles. The average Bonchev–Trinajstić information content (AvgIpc) is 2.20. The van der Waals surface area contributed by atoms with E-state index in [0.717, 1.165) is 4.90 Å². The molecule has 2 nitrogen and oxygen atoms in total. The normalized spacial score (nSPS) is 11.7. The number of carbonyl (C=O) groups is 1. The fourth-order valence-electron chi connectivity index (χ4n) is 1.13. The van der Waals surface area contributed by atoms with Crippen LogP contribution in [-0.4, -0.2) is 17.3 Å². The molecule has 7 heteroatoms. The van der Waals surface area contributed by atoms with Crippen LogP contribution in [0.15, 0.2) is 27.6 Å². The molecule has 0 aliphatic rings. The second kappa shape index (κ2) is 5.97. The number of nitrogens with one attached hydrogen (secondary N) is 1. The lowest BCUT2D eigenvalue weighted by Gasteiger charge is -2.11. The summed E-state index contributed by atoms with van der Waals surface area (Å²) in [6, 6.07) is 4.56. The highest BCUT2D eigenvalue weighted by Gasteiger charge is 2.38. The van der Waals surface area contributed by atoms with Crippen molar-refractivity contribution in [3.63, 3.8) is 0 Å². The molecule has 1 aromatic carbocycles. The topological polar surface area (TPSA) is 29.1 Å². The number of carbonyl (C=O) groups excluding carboxylic acids is 1. The predicted molar refractivity (Wildman–Crippen MR) is 69.8 cm³/mol. The highest BCUT2D eigenvalue weighted by molar-refractivity contribution is 9.10. The third kappa shape index (κ3) is 4.53. The Morgan fingerprint density at radius 3 is 2.44 bits per heavy atom. The van der Waals surface area contributed by atoms with Gasteiger partial charge in [-0.3, -0.25) is 4.79 Å². The largest absolute Gasteiger partial charge is 0.471 e. The molecule has 100 valence electrons. The van der Waals surface area contributed by atoms with Crippen molar-refractivity contribution in [2.45, 2.75) is 30.2 Å². The first kappa shape index (κ1) is 15.4. The predicted octanol–water partition coefficient (Wildman–Crippen LogP) is 4.45. The van der Waals surface area contributed by atoms with Gasteiger partial charge in [-0.15, -0.1) is 11.8 Å². The van der Waals surface area contributed by atoms with Gasteiger partial charge in [-0.05, 0) is 34.1 Å². The quantitative estimate of drug-likeness (QED) is 0.823. The van der Waals surface area contributed by atoms with E-state index in [9.17, 15) is 18.0 Å². The molecule has 0 bridgehead atoms. The first-order valence-electron chi connectivity index (χ1n) is 5.04. The lowest BCUT2D eigenvalue weighted by molar-refractivity contribution is -0.167. The van der Waals surface area contributed by atoms with Gasteiger partial charge in [0.25, 0.3) is 0 Å². The third-order valence-corrected chi connectivity index (χ3v) is 3.81. The second-order valence-corrected chi connectivity index (χ2v) is 6.24. The number of rotatable bonds is 3. The molecule has 1 amide bonds. The van der Waals surface area contributed by atoms with Gasteiger partial charge in [0.1, 0.15) is 0 Å². The minimum Gasteiger partial charge on any atom is -0.318 e. The molecule has 0 radical (unpaired) electrons. The molecular weight excluding hydrogens is 331 g/mol. The van der Waals surface area contributed by atoms with Crippen LogP contribution in [-0.2, 0) is 4.79 Å². The Bertz CT molecular complexity index is 448. The van der Waals surface area contributed by atoms with Gasteiger partial charge in [-0.1, -0.05) is 13.8 Å². The summed E-state index contributed by atoms with van der Waals surface area (Å²) in [5.41, 5.74) is 0.109. The van der Waals surface area contributed by atoms with Gasteiger partial charge in [-0.2, -0.15) is 13.2 Å². The van der Waals surface area contributed by atoms with Crippen molar-refractivity contribution in [2.24, 2.45) is 0 Å². The highest BCUT2D eigenvalue weighted by atomic mass is 79.9. The Balaban J connectivity index is 2.82. The van der Waals surface area contributed by atoms with Crippen LogP contribution in [0.5, 0.6) is 0 Å². The van der Waals surface area contributed by atoms with Crippen LogP contribution < -0.4 is 5.32 Å². The first-order chi connectivity index (χ1) is 8.20. The summed E-state index contributed by atoms with van der Waals surface area (Å²) in [6.07, 6.45) is -4.88. The molecule has 0 fully saturated rings. The van der Waals surface area contributed by atoms with Crippen LogP contribution in [0.25, 0.3) is 0 Å². The standard InChI is InChI=1S/C11H11BrF3NOS/c1-6(2)18-9-4-3-7(5-8(9)12)16-10(17)11(13,14)15/h3-6H,1-2H3,(H,16,17). The van der Waals surface area contributed by atoms with E-state index < -0.39 is 12.1 Å². The van der Waals surface area contributed by atoms with Gasteiger partial charge in [0.2, 0.25) is 0 Å². The lowest BCUT2D eigenvalue weighted by atomic mass is 10.3. The molecule has 1 N–H and O–H groups in total. The summed E-state index contributed by atoms with van der Waals surface area (Å²) in [7, 11) is 0. The number of amides is 1. The molecule has 0 unspecified atom stereocenters. The fourth-order valence-corrected chi connectivity index (χ4v) is 2.62. The van der Waals surface area contributed by atoms with Crippen molar-refractivity contribution < 1.29 is 18.0 Å². The Kier molecular flexibility index (Phi) is 5.10.